The SMILES string of the molecule is CCCCCNC(=NC)N1CCN(c2ncc(Br)c(OC)n2)CC1. The maximum absolute atomic E-state index is 5.25. The zero-order chi connectivity index (χ0) is 17.4. The van der Waals surface area contributed by atoms with Crippen LogP contribution in [0.15, 0.2) is 15.7 Å². The number of hydrogen-bond donors (Lipinski definition) is 1. The number of nitrogens with one attached hydrogen (secondary N) is 1. The summed E-state index contributed by atoms with van der Waals surface area (Å²) in [4.78, 5) is 17.7. The minimum absolute atomic E-state index is 0.566. The summed E-state index contributed by atoms with van der Waals surface area (Å²) in [6.45, 7) is 6.71. The van der Waals surface area contributed by atoms with E-state index in [-0.39, 0.29) is 0 Å². The highest BCUT2D eigenvalue weighted by Gasteiger charge is 2.21. The van der Waals surface area contributed by atoms with E-state index >= 15 is 0 Å². The fraction of sp³-hybridized carbons (Fsp3) is 0.688. The Morgan fingerprint density at radius 3 is 2.71 bits per heavy atom. The smallest absolute Gasteiger partial charge is 0.232 e. The Hall–Kier alpha value is -1.57. The molecule has 1 aliphatic rings. The van der Waals surface area contributed by atoms with Gasteiger partial charge in [-0.15, -0.1) is 0 Å². The molecule has 2 heterocycles. The molecule has 0 saturated carbocycles. The molecule has 7 nitrogen and oxygen atoms in total. The summed E-state index contributed by atoms with van der Waals surface area (Å²) < 4.78 is 6.02. The second kappa shape index (κ2) is 9.66. The van der Waals surface area contributed by atoms with Gasteiger partial charge in [-0.3, -0.25) is 4.99 Å². The minimum Gasteiger partial charge on any atom is -0.480 e. The minimum atomic E-state index is 0.566. The van der Waals surface area contributed by atoms with Crippen molar-refractivity contribution in [2.45, 2.75) is 26.2 Å². The topological polar surface area (TPSA) is 65.9 Å². The highest BCUT2D eigenvalue weighted by atomic mass is 79.9. The molecule has 0 radical (unpaired) electrons. The van der Waals surface area contributed by atoms with E-state index in [0.717, 1.165) is 43.2 Å². The van der Waals surface area contributed by atoms with E-state index in [0.29, 0.717) is 11.8 Å². The van der Waals surface area contributed by atoms with Gasteiger partial charge in [0.05, 0.1) is 17.8 Å². The Labute approximate surface area is 152 Å². The first-order chi connectivity index (χ1) is 11.7. The van der Waals surface area contributed by atoms with Crippen molar-refractivity contribution in [3.63, 3.8) is 0 Å². The van der Waals surface area contributed by atoms with Crippen molar-refractivity contribution in [2.75, 3.05) is 51.8 Å². The maximum Gasteiger partial charge on any atom is 0.232 e. The molecular formula is C16H27BrN6O. The number of aliphatic imine (C=N–C) groups is 1. The summed E-state index contributed by atoms with van der Waals surface area (Å²) in [5.74, 6) is 2.26. The molecule has 1 aromatic rings. The Morgan fingerprint density at radius 2 is 2.08 bits per heavy atom. The van der Waals surface area contributed by atoms with Gasteiger partial charge in [0.2, 0.25) is 11.8 Å². The van der Waals surface area contributed by atoms with E-state index in [4.69, 9.17) is 4.74 Å². The molecule has 0 bridgehead atoms. The summed E-state index contributed by atoms with van der Waals surface area (Å²) in [6, 6.07) is 0. The third-order valence-corrected chi connectivity index (χ3v) is 4.57. The van der Waals surface area contributed by atoms with Crippen LogP contribution in [0.3, 0.4) is 0 Å². The van der Waals surface area contributed by atoms with Gasteiger partial charge in [0.15, 0.2) is 5.96 Å². The van der Waals surface area contributed by atoms with Crippen LogP contribution in [0.2, 0.25) is 0 Å². The van der Waals surface area contributed by atoms with Crippen LogP contribution in [-0.4, -0.2) is 67.7 Å². The highest BCUT2D eigenvalue weighted by molar-refractivity contribution is 9.10. The van der Waals surface area contributed by atoms with Gasteiger partial charge in [0.25, 0.3) is 0 Å². The van der Waals surface area contributed by atoms with Crippen molar-refractivity contribution < 1.29 is 4.74 Å². The molecule has 0 aliphatic carbocycles. The van der Waals surface area contributed by atoms with Gasteiger partial charge in [-0.05, 0) is 22.4 Å². The van der Waals surface area contributed by atoms with E-state index < -0.39 is 0 Å². The molecule has 1 saturated heterocycles. The number of guanidine groups is 1. The van der Waals surface area contributed by atoms with Gasteiger partial charge in [-0.1, -0.05) is 19.8 Å². The van der Waals surface area contributed by atoms with Crippen molar-refractivity contribution in [3.05, 3.63) is 10.7 Å². The molecule has 24 heavy (non-hydrogen) atoms. The molecule has 1 N–H and O–H groups in total. The van der Waals surface area contributed by atoms with Gasteiger partial charge in [0.1, 0.15) is 0 Å². The standard InChI is InChI=1S/C16H27BrN6O/c1-4-5-6-7-19-15(18-2)22-8-10-23(11-9-22)16-20-12-13(17)14(21-16)24-3/h12H,4-11H2,1-3H3,(H,18,19). The van der Waals surface area contributed by atoms with Crippen molar-refractivity contribution >= 4 is 27.8 Å². The van der Waals surface area contributed by atoms with Gasteiger partial charge in [0, 0.05) is 39.8 Å². The van der Waals surface area contributed by atoms with Gasteiger partial charge >= 0.3 is 0 Å². The number of nitrogens with zero attached hydrogens (tertiary/aromatic N) is 5. The second-order valence-electron chi connectivity index (χ2n) is 5.68. The first kappa shape index (κ1) is 18.8. The Kier molecular flexibility index (Phi) is 7.55. The van der Waals surface area contributed by atoms with Crippen LogP contribution in [0.4, 0.5) is 5.95 Å². The Bertz CT molecular complexity index is 545. The van der Waals surface area contributed by atoms with Crippen molar-refractivity contribution in [2.24, 2.45) is 4.99 Å². The van der Waals surface area contributed by atoms with E-state index in [9.17, 15) is 0 Å². The summed E-state index contributed by atoms with van der Waals surface area (Å²) in [5, 5.41) is 3.45. The number of halogens is 1. The van der Waals surface area contributed by atoms with Crippen LogP contribution in [0.25, 0.3) is 0 Å². The van der Waals surface area contributed by atoms with E-state index in [1.165, 1.54) is 19.3 Å². The summed E-state index contributed by atoms with van der Waals surface area (Å²) in [7, 11) is 3.46. The maximum atomic E-state index is 5.25. The first-order valence-corrected chi connectivity index (χ1v) is 9.26. The monoisotopic (exact) mass is 398 g/mol. The molecule has 134 valence electrons. The Balaban J connectivity index is 1.88. The van der Waals surface area contributed by atoms with Crippen LogP contribution in [0.5, 0.6) is 5.88 Å². The van der Waals surface area contributed by atoms with E-state index in [1.807, 2.05) is 7.05 Å². The molecular weight excluding hydrogens is 372 g/mol. The second-order valence-corrected chi connectivity index (χ2v) is 6.54. The van der Waals surface area contributed by atoms with Gasteiger partial charge in [-0.2, -0.15) is 4.98 Å². The molecule has 0 unspecified atom stereocenters. The van der Waals surface area contributed by atoms with Crippen LogP contribution in [0.1, 0.15) is 26.2 Å². The average Bonchev–Trinajstić information content (AvgIpc) is 2.62. The molecule has 0 spiro atoms. The number of methoxy groups -OCH3 is 1. The lowest BCUT2D eigenvalue weighted by Crippen LogP contribution is -2.53. The lowest BCUT2D eigenvalue weighted by molar-refractivity contribution is 0.366. The average molecular weight is 399 g/mol. The van der Waals surface area contributed by atoms with Crippen molar-refractivity contribution in [1.82, 2.24) is 20.2 Å². The predicted molar refractivity (Wildman–Crippen MR) is 101 cm³/mol. The molecule has 8 heteroatoms. The van der Waals surface area contributed by atoms with Crippen LogP contribution < -0.4 is 15.0 Å². The third kappa shape index (κ3) is 4.96. The van der Waals surface area contributed by atoms with Crippen LogP contribution in [-0.2, 0) is 0 Å². The Morgan fingerprint density at radius 1 is 1.33 bits per heavy atom. The zero-order valence-corrected chi connectivity index (χ0v) is 16.3. The van der Waals surface area contributed by atoms with E-state index in [1.54, 1.807) is 13.3 Å². The number of ether oxygens (including phenoxy) is 1. The number of piperazine rings is 1. The fourth-order valence-electron chi connectivity index (χ4n) is 2.66. The summed E-state index contributed by atoms with van der Waals surface area (Å²) in [6.07, 6.45) is 5.40. The van der Waals surface area contributed by atoms with Crippen molar-refractivity contribution in [1.29, 1.82) is 0 Å². The normalized spacial score (nSPS) is 15.6. The number of anilines is 1. The predicted octanol–water partition coefficient (Wildman–Crippen LogP) is 2.14. The molecule has 1 aliphatic heterocycles. The fourth-order valence-corrected chi connectivity index (χ4v) is 3.02. The lowest BCUT2D eigenvalue weighted by atomic mass is 10.2. The largest absolute Gasteiger partial charge is 0.480 e. The lowest BCUT2D eigenvalue weighted by Gasteiger charge is -2.36. The number of unbranched alkanes of at least 4 members (excludes halogenated alkanes) is 2. The van der Waals surface area contributed by atoms with Gasteiger partial charge < -0.3 is 19.9 Å². The molecule has 0 amide bonds. The number of aromatic nitrogens is 2. The summed E-state index contributed by atoms with van der Waals surface area (Å²) in [5.41, 5.74) is 0. The number of hydrogen-bond acceptors (Lipinski definition) is 5. The molecule has 1 fully saturated rings. The highest BCUT2D eigenvalue weighted by Crippen LogP contribution is 2.23. The number of rotatable bonds is 6. The molecule has 1 aromatic heterocycles. The molecule has 0 atom stereocenters. The van der Waals surface area contributed by atoms with E-state index in [2.05, 4.69) is 52.9 Å². The van der Waals surface area contributed by atoms with Gasteiger partial charge in [-0.25, -0.2) is 4.98 Å². The third-order valence-electron chi connectivity index (χ3n) is 4.03. The van der Waals surface area contributed by atoms with Crippen LogP contribution in [0, 0.1) is 0 Å². The van der Waals surface area contributed by atoms with Crippen molar-refractivity contribution in [3.8, 4) is 5.88 Å². The zero-order valence-electron chi connectivity index (χ0n) is 14.8. The molecule has 2 rings (SSSR count). The molecule has 0 aromatic carbocycles. The van der Waals surface area contributed by atoms with Crippen LogP contribution >= 0.6 is 15.9 Å². The summed E-state index contributed by atoms with van der Waals surface area (Å²) >= 11 is 3.39. The first-order valence-electron chi connectivity index (χ1n) is 8.46. The quantitative estimate of drug-likeness (QED) is 0.449.